The Morgan fingerprint density at radius 1 is 1.05 bits per heavy atom. The molecule has 0 aliphatic carbocycles. The third-order valence-electron chi connectivity index (χ3n) is 2.18. The summed E-state index contributed by atoms with van der Waals surface area (Å²) in [6, 6.07) is 0.976. The molecule has 2 rings (SSSR count). The number of aromatic nitrogens is 1. The van der Waals surface area contributed by atoms with Crippen molar-refractivity contribution in [3.63, 3.8) is 0 Å². The summed E-state index contributed by atoms with van der Waals surface area (Å²) in [5.74, 6) is -0.948. The van der Waals surface area contributed by atoms with Crippen molar-refractivity contribution in [3.05, 3.63) is 40.9 Å². The van der Waals surface area contributed by atoms with Gasteiger partial charge in [-0.05, 0) is 18.2 Å². The van der Waals surface area contributed by atoms with Gasteiger partial charge < -0.3 is 4.74 Å². The van der Waals surface area contributed by atoms with Crippen LogP contribution in [0.3, 0.4) is 0 Å². The molecule has 107 valence electrons. The lowest BCUT2D eigenvalue weighted by atomic mass is 10.1. The van der Waals surface area contributed by atoms with Crippen molar-refractivity contribution in [1.29, 1.82) is 0 Å². The van der Waals surface area contributed by atoms with E-state index in [1.54, 1.807) is 0 Å². The number of hydrogen-bond donors (Lipinski definition) is 0. The largest absolute Gasteiger partial charge is 0.430 e. The lowest BCUT2D eigenvalue weighted by Gasteiger charge is -2.14. The van der Waals surface area contributed by atoms with E-state index in [2.05, 4.69) is 11.2 Å². The van der Waals surface area contributed by atoms with E-state index in [1.807, 2.05) is 0 Å². The predicted molar refractivity (Wildman–Crippen MR) is 57.5 cm³/mol. The molecule has 0 unspecified atom stereocenters. The highest BCUT2D eigenvalue weighted by Gasteiger charge is 2.38. The fourth-order valence-electron chi connectivity index (χ4n) is 1.34. The van der Waals surface area contributed by atoms with Gasteiger partial charge in [0.1, 0.15) is 11.9 Å². The zero-order valence-corrected chi connectivity index (χ0v) is 10.2. The van der Waals surface area contributed by atoms with Crippen LogP contribution in [0.4, 0.5) is 26.3 Å². The van der Waals surface area contributed by atoms with Gasteiger partial charge in [0.25, 0.3) is 5.19 Å². The molecule has 9 heteroatoms. The Bertz CT molecular complexity index is 590. The van der Waals surface area contributed by atoms with E-state index in [4.69, 9.17) is 4.74 Å². The van der Waals surface area contributed by atoms with Crippen LogP contribution in [0.15, 0.2) is 23.6 Å². The monoisotopic (exact) mass is 312 g/mol. The molecule has 0 amide bonds. The van der Waals surface area contributed by atoms with E-state index in [-0.39, 0.29) is 5.19 Å². The number of benzene rings is 1. The van der Waals surface area contributed by atoms with Crippen LogP contribution < -0.4 is 4.74 Å². The van der Waals surface area contributed by atoms with Gasteiger partial charge in [-0.3, -0.25) is 0 Å². The van der Waals surface area contributed by atoms with Gasteiger partial charge in [-0.2, -0.15) is 26.3 Å². The molecule has 2 aromatic rings. The molecule has 2 nitrogen and oxygen atoms in total. The first-order chi connectivity index (χ1) is 9.18. The lowest BCUT2D eigenvalue weighted by Crippen LogP contribution is -2.10. The van der Waals surface area contributed by atoms with Crippen LogP contribution >= 0.6 is 11.3 Å². The van der Waals surface area contributed by atoms with Crippen molar-refractivity contribution in [2.75, 3.05) is 0 Å². The number of hydrogen-bond acceptors (Lipinski definition) is 3. The standard InChI is InChI=1S/C11H4F6NOS/c12-10(13,14)6-1-2-7(11(15,16)17)8(5-6)19-9-18-3-4-20-9/h1-2,4-5H. The van der Waals surface area contributed by atoms with Crippen molar-refractivity contribution in [1.82, 2.24) is 4.98 Å². The second-order valence-electron chi connectivity index (χ2n) is 3.55. The first-order valence-electron chi connectivity index (χ1n) is 4.96. The van der Waals surface area contributed by atoms with Crippen LogP contribution in [-0.2, 0) is 12.4 Å². The highest BCUT2D eigenvalue weighted by atomic mass is 32.1. The number of thiazole rings is 1. The van der Waals surface area contributed by atoms with Gasteiger partial charge in [-0.1, -0.05) is 11.3 Å². The molecule has 1 radical (unpaired) electrons. The summed E-state index contributed by atoms with van der Waals surface area (Å²) in [5, 5.41) is 1.07. The molecule has 0 saturated carbocycles. The minimum atomic E-state index is -4.83. The van der Waals surface area contributed by atoms with Gasteiger partial charge in [0.05, 0.1) is 11.1 Å². The molecule has 1 aromatic heterocycles. The Labute approximate surface area is 112 Å². The fraction of sp³-hybridized carbons (Fsp3) is 0.182. The summed E-state index contributed by atoms with van der Waals surface area (Å²) in [6.07, 6.45) is -7.31. The minimum Gasteiger partial charge on any atom is -0.430 e. The van der Waals surface area contributed by atoms with Crippen LogP contribution in [-0.4, -0.2) is 4.98 Å². The fourth-order valence-corrected chi connectivity index (χ4v) is 1.79. The SMILES string of the molecule is FC(F)(F)c1ccc(C(F)(F)F)c(Oc2n[c]cs2)c1. The Kier molecular flexibility index (Phi) is 3.63. The quantitative estimate of drug-likeness (QED) is 0.745. The molecular formula is C11H4F6NOS. The van der Waals surface area contributed by atoms with E-state index in [0.717, 1.165) is 11.3 Å². The maximum Gasteiger partial charge on any atom is 0.419 e. The smallest absolute Gasteiger partial charge is 0.419 e. The molecule has 20 heavy (non-hydrogen) atoms. The van der Waals surface area contributed by atoms with Gasteiger partial charge in [0.15, 0.2) is 0 Å². The molecule has 0 atom stereocenters. The number of alkyl halides is 6. The molecule has 1 aromatic carbocycles. The average molecular weight is 312 g/mol. The molecule has 0 aliphatic rings. The topological polar surface area (TPSA) is 22.1 Å². The van der Waals surface area contributed by atoms with Crippen molar-refractivity contribution < 1.29 is 31.1 Å². The van der Waals surface area contributed by atoms with E-state index >= 15 is 0 Å². The van der Waals surface area contributed by atoms with Gasteiger partial charge in [0.2, 0.25) is 0 Å². The first kappa shape index (κ1) is 14.6. The number of rotatable bonds is 2. The molecule has 0 bridgehead atoms. The zero-order valence-electron chi connectivity index (χ0n) is 9.34. The van der Waals surface area contributed by atoms with E-state index < -0.39 is 29.2 Å². The van der Waals surface area contributed by atoms with Gasteiger partial charge in [-0.15, -0.1) is 0 Å². The van der Waals surface area contributed by atoms with Crippen molar-refractivity contribution in [2.45, 2.75) is 12.4 Å². The van der Waals surface area contributed by atoms with Crippen LogP contribution in [0.2, 0.25) is 0 Å². The number of halogens is 6. The Hall–Kier alpha value is -1.77. The highest BCUT2D eigenvalue weighted by molar-refractivity contribution is 7.11. The van der Waals surface area contributed by atoms with E-state index in [9.17, 15) is 26.3 Å². The van der Waals surface area contributed by atoms with Gasteiger partial charge >= 0.3 is 12.4 Å². The van der Waals surface area contributed by atoms with Crippen LogP contribution in [0, 0.1) is 6.20 Å². The Morgan fingerprint density at radius 3 is 2.25 bits per heavy atom. The average Bonchev–Trinajstić information content (AvgIpc) is 2.79. The molecule has 0 N–H and O–H groups in total. The number of ether oxygens (including phenoxy) is 1. The summed E-state index contributed by atoms with van der Waals surface area (Å²) in [5.41, 5.74) is -2.54. The molecule has 0 saturated heterocycles. The van der Waals surface area contributed by atoms with Crippen molar-refractivity contribution >= 4 is 11.3 Å². The van der Waals surface area contributed by atoms with Crippen molar-refractivity contribution in [2.24, 2.45) is 0 Å². The van der Waals surface area contributed by atoms with Crippen molar-refractivity contribution in [3.8, 4) is 10.9 Å². The van der Waals surface area contributed by atoms with Crippen LogP contribution in [0.5, 0.6) is 10.9 Å². The maximum atomic E-state index is 12.7. The Morgan fingerprint density at radius 2 is 1.75 bits per heavy atom. The lowest BCUT2D eigenvalue weighted by molar-refractivity contribution is -0.142. The maximum absolute atomic E-state index is 12.7. The second-order valence-corrected chi connectivity index (χ2v) is 4.37. The molecular weight excluding hydrogens is 308 g/mol. The minimum absolute atomic E-state index is 0.227. The van der Waals surface area contributed by atoms with Gasteiger partial charge in [0, 0.05) is 5.38 Å². The third-order valence-corrected chi connectivity index (χ3v) is 2.78. The summed E-state index contributed by atoms with van der Waals surface area (Å²) in [4.78, 5) is 3.45. The van der Waals surface area contributed by atoms with E-state index in [0.29, 0.717) is 18.2 Å². The van der Waals surface area contributed by atoms with E-state index in [1.165, 1.54) is 5.38 Å². The normalized spacial score (nSPS) is 12.5. The third kappa shape index (κ3) is 3.21. The second kappa shape index (κ2) is 4.97. The molecule has 0 spiro atoms. The zero-order chi connectivity index (χ0) is 15.0. The summed E-state index contributed by atoms with van der Waals surface area (Å²) in [7, 11) is 0. The molecule has 0 aliphatic heterocycles. The predicted octanol–water partition coefficient (Wildman–Crippen LogP) is 4.77. The summed E-state index contributed by atoms with van der Waals surface area (Å²) < 4.78 is 80.5. The summed E-state index contributed by atoms with van der Waals surface area (Å²) in [6.45, 7) is 0. The van der Waals surface area contributed by atoms with Gasteiger partial charge in [-0.25, -0.2) is 4.98 Å². The highest BCUT2D eigenvalue weighted by Crippen LogP contribution is 2.41. The molecule has 1 heterocycles. The first-order valence-corrected chi connectivity index (χ1v) is 5.84. The van der Waals surface area contributed by atoms with Crippen LogP contribution in [0.25, 0.3) is 0 Å². The summed E-state index contributed by atoms with van der Waals surface area (Å²) >= 11 is 0.813. The number of nitrogens with zero attached hydrogens (tertiary/aromatic N) is 1. The Balaban J connectivity index is 2.48. The van der Waals surface area contributed by atoms with Crippen LogP contribution in [0.1, 0.15) is 11.1 Å². The molecule has 0 fully saturated rings.